The van der Waals surface area contributed by atoms with Crippen LogP contribution in [-0.2, 0) is 0 Å². The van der Waals surface area contributed by atoms with E-state index in [1.165, 1.54) is 0 Å². The van der Waals surface area contributed by atoms with Gasteiger partial charge in [0.05, 0.1) is 0 Å². The van der Waals surface area contributed by atoms with E-state index >= 15 is 0 Å². The van der Waals surface area contributed by atoms with Crippen molar-refractivity contribution in [2.75, 3.05) is 0 Å². The van der Waals surface area contributed by atoms with Crippen LogP contribution in [0.1, 0.15) is 0 Å². The number of nitrogens with zero attached hydrogens (tertiary/aromatic N) is 2. The summed E-state index contributed by atoms with van der Waals surface area (Å²) in [4.78, 5) is 0. The molecular weight excluding hydrogens is 298 g/mol. The summed E-state index contributed by atoms with van der Waals surface area (Å²) in [6.07, 6.45) is 0. The van der Waals surface area contributed by atoms with Crippen molar-refractivity contribution >= 4 is 32.9 Å². The van der Waals surface area contributed by atoms with Gasteiger partial charge in [-0.2, -0.15) is 0 Å². The minimum Gasteiger partial charge on any atom is -0.668 e. The zero-order chi connectivity index (χ0) is 15.4. The molecule has 0 bridgehead atoms. The first-order valence-corrected chi connectivity index (χ1v) is 20.7. The molecule has 0 aliphatic heterocycles. The molecular formula is C12H36Li2N2Si4. The molecule has 0 N–H and O–H groups in total. The molecule has 20 heavy (non-hydrogen) atoms. The molecule has 8 heteroatoms. The first kappa shape index (κ1) is 29.9. The first-order valence-electron chi connectivity index (χ1n) is 6.89. The Morgan fingerprint density at radius 2 is 0.450 bits per heavy atom. The molecule has 0 spiro atoms. The van der Waals surface area contributed by atoms with Gasteiger partial charge in [-0.15, -0.1) is 0 Å². The minimum absolute atomic E-state index is 0. The Bertz CT molecular complexity index is 188. The molecule has 2 nitrogen and oxygen atoms in total. The zero-order valence-corrected chi connectivity index (χ0v) is 20.9. The van der Waals surface area contributed by atoms with Crippen LogP contribution in [-0.4, -0.2) is 32.9 Å². The predicted molar refractivity (Wildman–Crippen MR) is 100 cm³/mol. The van der Waals surface area contributed by atoms with E-state index in [0.29, 0.717) is 0 Å². The quantitative estimate of drug-likeness (QED) is 0.651. The van der Waals surface area contributed by atoms with Gasteiger partial charge in [-0.3, -0.25) is 0 Å². The molecule has 0 aliphatic rings. The molecule has 0 rings (SSSR count). The van der Waals surface area contributed by atoms with E-state index in [0.717, 1.165) is 0 Å². The molecule has 0 unspecified atom stereocenters. The third-order valence-corrected chi connectivity index (χ3v) is 12.1. The molecule has 0 amide bonds. The fourth-order valence-corrected chi connectivity index (χ4v) is 18.1. The largest absolute Gasteiger partial charge is 1.00 e. The van der Waals surface area contributed by atoms with Crippen molar-refractivity contribution in [3.63, 3.8) is 0 Å². The molecule has 0 heterocycles. The maximum Gasteiger partial charge on any atom is 1.00 e. The van der Waals surface area contributed by atoms with E-state index < -0.39 is 32.9 Å². The van der Waals surface area contributed by atoms with Gasteiger partial charge in [-0.25, -0.2) is 0 Å². The smallest absolute Gasteiger partial charge is 0.668 e. The van der Waals surface area contributed by atoms with Crippen molar-refractivity contribution in [2.45, 2.75) is 78.6 Å². The van der Waals surface area contributed by atoms with Crippen molar-refractivity contribution in [1.29, 1.82) is 0 Å². The van der Waals surface area contributed by atoms with Crippen LogP contribution in [0, 0.1) is 0 Å². The van der Waals surface area contributed by atoms with Gasteiger partial charge in [0.15, 0.2) is 0 Å². The Kier molecular flexibility index (Phi) is 16.0. The van der Waals surface area contributed by atoms with Gasteiger partial charge < -0.3 is 9.30 Å². The second-order valence-electron chi connectivity index (χ2n) is 8.91. The Labute approximate surface area is 157 Å². The zero-order valence-electron chi connectivity index (χ0n) is 16.9. The Balaban J connectivity index is -0.000000116. The van der Waals surface area contributed by atoms with E-state index in [4.69, 9.17) is 9.30 Å². The standard InChI is InChI=1S/2C6H18NSi2.2Li/c2*1-8(2,3)7-9(4,5)6;;/h2*1-6H3;;/q2*-1;2*+1. The predicted octanol–water partition coefficient (Wildman–Crippen LogP) is 0.0678. The summed E-state index contributed by atoms with van der Waals surface area (Å²) in [5, 5.41) is 0. The average molecular weight is 335 g/mol. The molecule has 0 fully saturated rings. The Morgan fingerprint density at radius 1 is 0.350 bits per heavy atom. The van der Waals surface area contributed by atoms with Crippen LogP contribution in [0.5, 0.6) is 0 Å². The van der Waals surface area contributed by atoms with Gasteiger partial charge in [-0.05, 0) is 0 Å². The Hall–Kier alpha value is 1.98. The molecule has 0 saturated heterocycles. The van der Waals surface area contributed by atoms with Crippen LogP contribution in [0.3, 0.4) is 0 Å². The topological polar surface area (TPSA) is 28.2 Å². The summed E-state index contributed by atoms with van der Waals surface area (Å²) >= 11 is 0. The van der Waals surface area contributed by atoms with Crippen molar-refractivity contribution in [1.82, 2.24) is 0 Å². The molecule has 0 aromatic rings. The van der Waals surface area contributed by atoms with Crippen molar-refractivity contribution < 1.29 is 37.7 Å². The molecule has 0 radical (unpaired) electrons. The summed E-state index contributed by atoms with van der Waals surface area (Å²) in [7, 11) is -4.42. The maximum absolute atomic E-state index is 4.82. The van der Waals surface area contributed by atoms with Crippen molar-refractivity contribution in [3.8, 4) is 0 Å². The maximum atomic E-state index is 4.82. The SMILES string of the molecule is C[Si](C)(C)[N-][Si](C)(C)C.C[Si](C)(C)[N-][Si](C)(C)C.[Li+].[Li+]. The van der Waals surface area contributed by atoms with E-state index in [1.807, 2.05) is 0 Å². The summed E-state index contributed by atoms with van der Waals surface area (Å²) in [6, 6.07) is 0. The number of hydrogen-bond donors (Lipinski definition) is 0. The first-order chi connectivity index (χ1) is 7.41. The number of hydrogen-bond acceptors (Lipinski definition) is 0. The van der Waals surface area contributed by atoms with Crippen molar-refractivity contribution in [2.24, 2.45) is 0 Å². The van der Waals surface area contributed by atoms with Crippen LogP contribution >= 0.6 is 0 Å². The van der Waals surface area contributed by atoms with Crippen molar-refractivity contribution in [3.05, 3.63) is 9.30 Å². The second-order valence-corrected chi connectivity index (χ2v) is 28.1. The van der Waals surface area contributed by atoms with Gasteiger partial charge >= 0.3 is 37.7 Å². The monoisotopic (exact) mass is 334 g/mol. The third-order valence-electron chi connectivity index (χ3n) is 1.34. The van der Waals surface area contributed by atoms with E-state index in [-0.39, 0.29) is 37.7 Å². The van der Waals surface area contributed by atoms with E-state index in [1.54, 1.807) is 0 Å². The molecule has 0 aromatic heterocycles. The third kappa shape index (κ3) is 36.8. The fraction of sp³-hybridized carbons (Fsp3) is 1.00. The van der Waals surface area contributed by atoms with Crippen LogP contribution in [0.2, 0.25) is 78.6 Å². The Morgan fingerprint density at radius 3 is 0.450 bits per heavy atom. The van der Waals surface area contributed by atoms with Crippen LogP contribution in [0.4, 0.5) is 0 Å². The number of rotatable bonds is 4. The summed E-state index contributed by atoms with van der Waals surface area (Å²) in [6.45, 7) is 27.6. The molecule has 0 atom stereocenters. The molecule has 0 saturated carbocycles. The van der Waals surface area contributed by atoms with E-state index in [2.05, 4.69) is 78.6 Å². The average Bonchev–Trinajstić information content (AvgIpc) is 1.64. The second kappa shape index (κ2) is 10.7. The van der Waals surface area contributed by atoms with E-state index in [9.17, 15) is 0 Å². The molecule has 0 aliphatic carbocycles. The summed E-state index contributed by atoms with van der Waals surface area (Å²) in [5.74, 6) is 0. The summed E-state index contributed by atoms with van der Waals surface area (Å²) < 4.78 is 9.64. The van der Waals surface area contributed by atoms with Gasteiger partial charge in [0, 0.05) is 0 Å². The van der Waals surface area contributed by atoms with Crippen LogP contribution in [0.15, 0.2) is 0 Å². The molecule has 112 valence electrons. The van der Waals surface area contributed by atoms with Gasteiger partial charge in [-0.1, -0.05) is 112 Å². The van der Waals surface area contributed by atoms with Crippen LogP contribution in [0.25, 0.3) is 9.30 Å². The normalized spacial score (nSPS) is 12.6. The molecule has 0 aromatic carbocycles. The summed E-state index contributed by atoms with van der Waals surface area (Å²) in [5.41, 5.74) is 0. The fourth-order valence-electron chi connectivity index (χ4n) is 2.01. The van der Waals surface area contributed by atoms with Gasteiger partial charge in [0.1, 0.15) is 0 Å². The minimum atomic E-state index is -1.11. The van der Waals surface area contributed by atoms with Crippen LogP contribution < -0.4 is 37.7 Å². The van der Waals surface area contributed by atoms with Gasteiger partial charge in [0.2, 0.25) is 0 Å². The van der Waals surface area contributed by atoms with Gasteiger partial charge in [0.25, 0.3) is 0 Å².